The van der Waals surface area contributed by atoms with Gasteiger partial charge in [-0.25, -0.2) is 0 Å². The van der Waals surface area contributed by atoms with Gasteiger partial charge in [0.05, 0.1) is 13.2 Å². The maximum Gasteiger partial charge on any atom is 0.112 e. The number of aryl methyl sites for hydroxylation is 1. The van der Waals surface area contributed by atoms with Gasteiger partial charge >= 0.3 is 0 Å². The lowest BCUT2D eigenvalue weighted by Gasteiger charge is -2.06. The molecule has 15 heavy (non-hydrogen) atoms. The smallest absolute Gasteiger partial charge is 0.112 e. The maximum atomic E-state index is 5.54. The first-order chi connectivity index (χ1) is 7.29. The zero-order valence-corrected chi connectivity index (χ0v) is 9.11. The van der Waals surface area contributed by atoms with Gasteiger partial charge in [0.15, 0.2) is 0 Å². The molecule has 2 heterocycles. The summed E-state index contributed by atoms with van der Waals surface area (Å²) in [6, 6.07) is 4.09. The molecule has 1 aromatic rings. The van der Waals surface area contributed by atoms with Crippen LogP contribution in [0.15, 0.2) is 24.5 Å². The Bertz CT molecular complexity index is 296. The third-order valence-corrected chi connectivity index (χ3v) is 2.55. The van der Waals surface area contributed by atoms with Gasteiger partial charge in [0, 0.05) is 19.0 Å². The van der Waals surface area contributed by atoms with Crippen molar-refractivity contribution in [2.45, 2.75) is 25.4 Å². The van der Waals surface area contributed by atoms with Crippen molar-refractivity contribution in [3.05, 3.63) is 30.1 Å². The van der Waals surface area contributed by atoms with Gasteiger partial charge in [-0.05, 0) is 37.5 Å². The highest BCUT2D eigenvalue weighted by Gasteiger charge is 2.39. The fourth-order valence-corrected chi connectivity index (χ4v) is 1.42. The first-order valence-corrected chi connectivity index (χ1v) is 5.39. The van der Waals surface area contributed by atoms with Crippen LogP contribution in [-0.4, -0.2) is 30.4 Å². The van der Waals surface area contributed by atoms with Crippen LogP contribution in [0.1, 0.15) is 18.9 Å². The third-order valence-electron chi connectivity index (χ3n) is 2.55. The van der Waals surface area contributed by atoms with Gasteiger partial charge in [0.1, 0.15) is 5.60 Å². The molecule has 3 heteroatoms. The Morgan fingerprint density at radius 3 is 2.87 bits per heavy atom. The minimum absolute atomic E-state index is 0.0245. The van der Waals surface area contributed by atoms with Crippen molar-refractivity contribution in [2.24, 2.45) is 0 Å². The predicted molar refractivity (Wildman–Crippen MR) is 57.7 cm³/mol. The third kappa shape index (κ3) is 3.61. The van der Waals surface area contributed by atoms with Crippen molar-refractivity contribution in [3.63, 3.8) is 0 Å². The number of ether oxygens (including phenoxy) is 2. The number of nitrogens with zero attached hydrogens (tertiary/aromatic N) is 1. The number of pyridine rings is 1. The number of aromatic nitrogens is 1. The quantitative estimate of drug-likeness (QED) is 0.527. The Kier molecular flexibility index (Phi) is 3.34. The Morgan fingerprint density at radius 1 is 1.47 bits per heavy atom. The lowest BCUT2D eigenvalue weighted by Crippen LogP contribution is -2.15. The van der Waals surface area contributed by atoms with Gasteiger partial charge in [-0.1, -0.05) is 0 Å². The monoisotopic (exact) mass is 207 g/mol. The molecule has 1 atom stereocenters. The van der Waals surface area contributed by atoms with E-state index in [1.165, 1.54) is 5.56 Å². The van der Waals surface area contributed by atoms with E-state index in [0.717, 1.165) is 32.7 Å². The van der Waals surface area contributed by atoms with Crippen molar-refractivity contribution >= 4 is 0 Å². The molecular formula is C12H17NO2. The van der Waals surface area contributed by atoms with Gasteiger partial charge in [0.2, 0.25) is 0 Å². The lowest BCUT2D eigenvalue weighted by atomic mass is 10.1. The van der Waals surface area contributed by atoms with Crippen molar-refractivity contribution in [1.29, 1.82) is 0 Å². The summed E-state index contributed by atoms with van der Waals surface area (Å²) in [6.45, 7) is 4.46. The molecule has 0 aliphatic carbocycles. The SMILES string of the molecule is CC1(COCCCc2ccncc2)CO1. The van der Waals surface area contributed by atoms with Crippen LogP contribution >= 0.6 is 0 Å². The van der Waals surface area contributed by atoms with Crippen LogP contribution in [0.25, 0.3) is 0 Å². The molecule has 0 saturated carbocycles. The van der Waals surface area contributed by atoms with E-state index in [9.17, 15) is 0 Å². The van der Waals surface area contributed by atoms with Crippen molar-refractivity contribution < 1.29 is 9.47 Å². The Morgan fingerprint density at radius 2 is 2.20 bits per heavy atom. The Labute approximate surface area is 90.4 Å². The highest BCUT2D eigenvalue weighted by Crippen LogP contribution is 2.25. The van der Waals surface area contributed by atoms with Crippen molar-refractivity contribution in [1.82, 2.24) is 4.98 Å². The molecule has 0 N–H and O–H groups in total. The van der Waals surface area contributed by atoms with E-state index in [2.05, 4.69) is 11.9 Å². The van der Waals surface area contributed by atoms with E-state index in [-0.39, 0.29) is 5.60 Å². The molecule has 0 aromatic carbocycles. The molecule has 0 bridgehead atoms. The second-order valence-corrected chi connectivity index (χ2v) is 4.25. The van der Waals surface area contributed by atoms with E-state index in [1.54, 1.807) is 0 Å². The summed E-state index contributed by atoms with van der Waals surface area (Å²) in [6.07, 6.45) is 5.77. The van der Waals surface area contributed by atoms with Crippen LogP contribution in [0.2, 0.25) is 0 Å². The second-order valence-electron chi connectivity index (χ2n) is 4.25. The van der Waals surface area contributed by atoms with Gasteiger partial charge in [-0.2, -0.15) is 0 Å². The average molecular weight is 207 g/mol. The van der Waals surface area contributed by atoms with Crippen molar-refractivity contribution in [3.8, 4) is 0 Å². The minimum atomic E-state index is 0.0245. The summed E-state index contributed by atoms with van der Waals surface area (Å²) >= 11 is 0. The molecule has 82 valence electrons. The lowest BCUT2D eigenvalue weighted by molar-refractivity contribution is 0.0839. The highest BCUT2D eigenvalue weighted by atomic mass is 16.6. The molecule has 1 fully saturated rings. The van der Waals surface area contributed by atoms with E-state index < -0.39 is 0 Å². The highest BCUT2D eigenvalue weighted by molar-refractivity contribution is 5.09. The first kappa shape index (κ1) is 10.6. The minimum Gasteiger partial charge on any atom is -0.378 e. The predicted octanol–water partition coefficient (Wildman–Crippen LogP) is 1.82. The Balaban J connectivity index is 1.55. The molecule has 0 amide bonds. The fourth-order valence-electron chi connectivity index (χ4n) is 1.42. The fraction of sp³-hybridized carbons (Fsp3) is 0.583. The first-order valence-electron chi connectivity index (χ1n) is 5.39. The van der Waals surface area contributed by atoms with E-state index in [1.807, 2.05) is 24.5 Å². The van der Waals surface area contributed by atoms with E-state index in [0.29, 0.717) is 0 Å². The summed E-state index contributed by atoms with van der Waals surface area (Å²) in [5, 5.41) is 0. The summed E-state index contributed by atoms with van der Waals surface area (Å²) in [5.41, 5.74) is 1.35. The van der Waals surface area contributed by atoms with E-state index in [4.69, 9.17) is 9.47 Å². The molecule has 1 unspecified atom stereocenters. The molecule has 0 radical (unpaired) electrons. The van der Waals surface area contributed by atoms with Crippen LogP contribution in [0.4, 0.5) is 0 Å². The standard InChI is InChI=1S/C12H17NO2/c1-12(10-15-12)9-14-8-2-3-11-4-6-13-7-5-11/h4-7H,2-3,8-10H2,1H3. The van der Waals surface area contributed by atoms with Crippen molar-refractivity contribution in [2.75, 3.05) is 19.8 Å². The molecule has 0 spiro atoms. The van der Waals surface area contributed by atoms with Crippen LogP contribution in [0, 0.1) is 0 Å². The molecule has 1 aromatic heterocycles. The van der Waals surface area contributed by atoms with Crippen LogP contribution in [-0.2, 0) is 15.9 Å². The van der Waals surface area contributed by atoms with Crippen LogP contribution in [0.3, 0.4) is 0 Å². The maximum absolute atomic E-state index is 5.54. The molecule has 2 rings (SSSR count). The molecule has 1 aliphatic heterocycles. The number of hydrogen-bond acceptors (Lipinski definition) is 3. The molecule has 3 nitrogen and oxygen atoms in total. The van der Waals surface area contributed by atoms with E-state index >= 15 is 0 Å². The molecular weight excluding hydrogens is 190 g/mol. The van der Waals surface area contributed by atoms with Gasteiger partial charge in [-0.15, -0.1) is 0 Å². The van der Waals surface area contributed by atoms with Gasteiger partial charge in [0.25, 0.3) is 0 Å². The summed E-state index contributed by atoms with van der Waals surface area (Å²) in [7, 11) is 0. The molecule has 1 aliphatic rings. The average Bonchev–Trinajstić information content (AvgIpc) is 2.98. The summed E-state index contributed by atoms with van der Waals surface area (Å²) < 4.78 is 10.8. The second kappa shape index (κ2) is 4.73. The molecule has 1 saturated heterocycles. The van der Waals surface area contributed by atoms with Gasteiger partial charge in [-0.3, -0.25) is 4.98 Å². The normalized spacial score (nSPS) is 24.1. The van der Waals surface area contributed by atoms with Crippen LogP contribution in [0.5, 0.6) is 0 Å². The van der Waals surface area contributed by atoms with Crippen LogP contribution < -0.4 is 0 Å². The number of rotatable bonds is 6. The largest absolute Gasteiger partial charge is 0.378 e. The topological polar surface area (TPSA) is 34.6 Å². The number of epoxide rings is 1. The Hall–Kier alpha value is -0.930. The summed E-state index contributed by atoms with van der Waals surface area (Å²) in [4.78, 5) is 3.98. The zero-order chi connectivity index (χ0) is 10.6. The zero-order valence-electron chi connectivity index (χ0n) is 9.11. The number of hydrogen-bond donors (Lipinski definition) is 0. The summed E-state index contributed by atoms with van der Waals surface area (Å²) in [5.74, 6) is 0. The van der Waals surface area contributed by atoms with Gasteiger partial charge < -0.3 is 9.47 Å².